The predicted octanol–water partition coefficient (Wildman–Crippen LogP) is -1.66. The van der Waals surface area contributed by atoms with Crippen molar-refractivity contribution in [3.8, 4) is 0 Å². The molecular weight excluding hydrogens is 1110 g/mol. The van der Waals surface area contributed by atoms with Crippen LogP contribution in [0.15, 0.2) is 0 Å². The molecule has 0 amide bonds. The Balaban J connectivity index is 1.12. The molecule has 6 saturated heterocycles. The molecule has 0 saturated carbocycles. The quantitative estimate of drug-likeness (QED) is 0.0294. The van der Waals surface area contributed by atoms with Gasteiger partial charge in [-0.05, 0) is 48.5 Å². The Hall–Kier alpha value is -1.00. The van der Waals surface area contributed by atoms with Gasteiger partial charge in [-0.1, -0.05) is 0 Å². The predicted molar refractivity (Wildman–Crippen MR) is 317 cm³/mol. The molecule has 0 aromatic carbocycles. The van der Waals surface area contributed by atoms with Gasteiger partial charge in [0.05, 0.1) is 219 Å². The van der Waals surface area contributed by atoms with Crippen LogP contribution in [0.1, 0.15) is 54.9 Å². The van der Waals surface area contributed by atoms with Crippen LogP contribution in [0.3, 0.4) is 0 Å². The van der Waals surface area contributed by atoms with Crippen LogP contribution in [-0.2, 0) is 61.6 Å². The average molecular weight is 1230 g/mol. The minimum Gasteiger partial charge on any atom is -0.392 e. The molecule has 6 fully saturated rings. The van der Waals surface area contributed by atoms with Gasteiger partial charge in [-0.2, -0.15) is 0 Å². The van der Waals surface area contributed by atoms with E-state index in [4.69, 9.17) is 61.6 Å². The Kier molecular flexibility index (Phi) is 33.9. The standard InChI is InChI=1S/C60H116N6O19/c1-46-21-61(46)27-53(67)20-52(7)85-19-18-83-43-60(41-81-16-11-76-36-57(71)31-65-25-50(65)5,42-82-17-12-77-37-58(72)32-66-26-51(66)6)45-84-44-59(38-78-13-8-73-33-54(68)28-62-22-47(62)2,39-79-14-9-74-34-55(69)29-63-23-48(63)3)40-80-15-10-75-35-56(70)30-64-24-49(64)4/h46-58,67-72H,8-45H2,1-7H3. The van der Waals surface area contributed by atoms with Crippen molar-refractivity contribution in [3.05, 3.63) is 0 Å². The molecule has 6 N–H and O–H groups in total. The number of aliphatic hydroxyl groups is 6. The van der Waals surface area contributed by atoms with Gasteiger partial charge in [-0.25, -0.2) is 0 Å². The lowest BCUT2D eigenvalue weighted by Crippen LogP contribution is -2.46. The normalized spacial score (nSPS) is 30.5. The van der Waals surface area contributed by atoms with Gasteiger partial charge in [0.1, 0.15) is 0 Å². The van der Waals surface area contributed by atoms with Gasteiger partial charge in [0.25, 0.3) is 0 Å². The molecule has 6 rings (SSSR count). The van der Waals surface area contributed by atoms with Crippen molar-refractivity contribution in [1.82, 2.24) is 29.4 Å². The maximum atomic E-state index is 10.7. The highest BCUT2D eigenvalue weighted by Gasteiger charge is 2.39. The molecule has 19 unspecified atom stereocenters. The third-order valence-electron chi connectivity index (χ3n) is 16.5. The molecule has 6 aliphatic rings. The smallest absolute Gasteiger partial charge is 0.0900 e. The zero-order valence-electron chi connectivity index (χ0n) is 53.0. The molecule has 0 aromatic rings. The van der Waals surface area contributed by atoms with Gasteiger partial charge in [0, 0.05) is 121 Å². The van der Waals surface area contributed by atoms with E-state index in [0.717, 1.165) is 39.3 Å². The first kappa shape index (κ1) is 73.1. The van der Waals surface area contributed by atoms with Crippen molar-refractivity contribution >= 4 is 0 Å². The fraction of sp³-hybridized carbons (Fsp3) is 1.00. The summed E-state index contributed by atoms with van der Waals surface area (Å²) in [5, 5.41) is 63.6. The number of hydrogen-bond donors (Lipinski definition) is 6. The molecule has 0 aliphatic carbocycles. The summed E-state index contributed by atoms with van der Waals surface area (Å²) in [4.78, 5) is 13.2. The molecule has 0 radical (unpaired) electrons. The summed E-state index contributed by atoms with van der Waals surface area (Å²) in [6.07, 6.45) is -3.22. The number of ether oxygens (including phenoxy) is 13. The molecule has 6 heterocycles. The van der Waals surface area contributed by atoms with Gasteiger partial charge in [0.2, 0.25) is 0 Å². The summed E-state index contributed by atoms with van der Waals surface area (Å²) in [6, 6.07) is 2.88. The van der Waals surface area contributed by atoms with Gasteiger partial charge in [-0.3, -0.25) is 29.4 Å². The Labute approximate surface area is 508 Å². The van der Waals surface area contributed by atoms with Crippen molar-refractivity contribution in [2.45, 2.75) is 134 Å². The topological polar surface area (TPSA) is 259 Å². The fourth-order valence-electron chi connectivity index (χ4n) is 10.4. The van der Waals surface area contributed by atoms with E-state index in [2.05, 4.69) is 70.9 Å². The van der Waals surface area contributed by atoms with Crippen LogP contribution in [0.25, 0.3) is 0 Å². The average Bonchev–Trinajstić information content (AvgIpc) is 4.20. The second-order valence-electron chi connectivity index (χ2n) is 25.8. The second-order valence-corrected chi connectivity index (χ2v) is 25.8. The number of nitrogens with zero attached hydrogens (tertiary/aromatic N) is 6. The van der Waals surface area contributed by atoms with Crippen LogP contribution in [0.5, 0.6) is 0 Å². The summed E-state index contributed by atoms with van der Waals surface area (Å²) in [5.41, 5.74) is -1.80. The van der Waals surface area contributed by atoms with Crippen LogP contribution in [-0.4, -0.2) is 383 Å². The first-order valence-electron chi connectivity index (χ1n) is 32.0. The van der Waals surface area contributed by atoms with E-state index in [1.165, 1.54) is 0 Å². The number of β-amino-alcohol motifs (C(OH)–C–C–N with tert-alkyl or cyclic N) is 6. The third-order valence-corrected chi connectivity index (χ3v) is 16.5. The summed E-state index contributed by atoms with van der Waals surface area (Å²) in [5.74, 6) is 0. The number of rotatable bonds is 59. The van der Waals surface area contributed by atoms with Gasteiger partial charge >= 0.3 is 0 Å². The summed E-state index contributed by atoms with van der Waals surface area (Å²) in [6.45, 7) is 28.9. The van der Waals surface area contributed by atoms with Gasteiger partial charge in [0.15, 0.2) is 0 Å². The van der Waals surface area contributed by atoms with Crippen LogP contribution in [0.4, 0.5) is 0 Å². The summed E-state index contributed by atoms with van der Waals surface area (Å²) in [7, 11) is 0. The zero-order chi connectivity index (χ0) is 61.0. The largest absolute Gasteiger partial charge is 0.392 e. The summed E-state index contributed by atoms with van der Waals surface area (Å²) >= 11 is 0. The summed E-state index contributed by atoms with van der Waals surface area (Å²) < 4.78 is 80.7. The maximum absolute atomic E-state index is 10.7. The van der Waals surface area contributed by atoms with Crippen LogP contribution in [0.2, 0.25) is 0 Å². The zero-order valence-corrected chi connectivity index (χ0v) is 53.0. The maximum Gasteiger partial charge on any atom is 0.0900 e. The number of aliphatic hydroxyl groups excluding tert-OH is 6. The molecule has 85 heavy (non-hydrogen) atoms. The number of hydrogen-bond acceptors (Lipinski definition) is 25. The van der Waals surface area contributed by atoms with Crippen molar-refractivity contribution < 1.29 is 92.2 Å². The molecule has 19 atom stereocenters. The van der Waals surface area contributed by atoms with Gasteiger partial charge in [-0.15, -0.1) is 0 Å². The Morgan fingerprint density at radius 2 is 0.482 bits per heavy atom. The molecule has 500 valence electrons. The van der Waals surface area contributed by atoms with Crippen molar-refractivity contribution in [2.75, 3.05) is 244 Å². The Morgan fingerprint density at radius 1 is 0.294 bits per heavy atom. The molecule has 25 heteroatoms. The van der Waals surface area contributed by atoms with E-state index in [-0.39, 0.29) is 165 Å². The van der Waals surface area contributed by atoms with Crippen molar-refractivity contribution in [3.63, 3.8) is 0 Å². The highest BCUT2D eigenvalue weighted by molar-refractivity contribution is 4.91. The van der Waals surface area contributed by atoms with E-state index in [0.29, 0.717) is 88.5 Å². The highest BCUT2D eigenvalue weighted by atomic mass is 16.6. The molecule has 0 spiro atoms. The third kappa shape index (κ3) is 32.2. The molecule has 25 nitrogen and oxygen atoms in total. The highest BCUT2D eigenvalue weighted by Crippen LogP contribution is 2.27. The SMILES string of the molecule is CC(CC(O)CN1CC1C)OCCOCC(COCCOCC(O)CN1CC1C)(COCCOCC(O)CN1CC1C)COCC(COCCOCC(O)CN1CC1C)(COCCOCC(O)CN1CC1C)COCCOCC(O)CN1CC1C. The van der Waals surface area contributed by atoms with Gasteiger partial charge < -0.3 is 92.2 Å². The first-order valence-corrected chi connectivity index (χ1v) is 32.0. The first-order chi connectivity index (χ1) is 40.9. The van der Waals surface area contributed by atoms with E-state index < -0.39 is 47.5 Å². The lowest BCUT2D eigenvalue weighted by molar-refractivity contribution is -0.152. The van der Waals surface area contributed by atoms with E-state index in [1.807, 2.05) is 6.92 Å². The molecular formula is C60H116N6O19. The lowest BCUT2D eigenvalue weighted by Gasteiger charge is -2.37. The minimum atomic E-state index is -0.900. The van der Waals surface area contributed by atoms with Crippen LogP contribution in [0, 0.1) is 10.8 Å². The van der Waals surface area contributed by atoms with E-state index >= 15 is 0 Å². The minimum absolute atomic E-state index is 0.0932. The Morgan fingerprint density at radius 3 is 0.706 bits per heavy atom. The lowest BCUT2D eigenvalue weighted by atomic mass is 9.90. The molecule has 0 aromatic heterocycles. The van der Waals surface area contributed by atoms with E-state index in [1.54, 1.807) is 0 Å². The second kappa shape index (κ2) is 39.4. The molecule has 6 aliphatic heterocycles. The monoisotopic (exact) mass is 1220 g/mol. The van der Waals surface area contributed by atoms with Crippen LogP contribution >= 0.6 is 0 Å². The van der Waals surface area contributed by atoms with Crippen LogP contribution < -0.4 is 0 Å². The Bertz CT molecular complexity index is 1620. The fourth-order valence-corrected chi connectivity index (χ4v) is 10.4. The van der Waals surface area contributed by atoms with Crippen molar-refractivity contribution in [2.24, 2.45) is 10.8 Å². The van der Waals surface area contributed by atoms with E-state index in [9.17, 15) is 30.6 Å². The van der Waals surface area contributed by atoms with Crippen molar-refractivity contribution in [1.29, 1.82) is 0 Å². The molecule has 0 bridgehead atoms.